The molecule has 6 aromatic carbocycles. The van der Waals surface area contributed by atoms with Crippen molar-refractivity contribution in [2.45, 2.75) is 25.7 Å². The lowest BCUT2D eigenvalue weighted by Gasteiger charge is -2.22. The molecule has 0 fully saturated rings. The number of fused-ring (bicyclic) bond motifs is 4. The second-order valence-corrected chi connectivity index (χ2v) is 12.3. The molecule has 0 amide bonds. The Bertz CT molecular complexity index is 2180. The molecule has 1 aliphatic rings. The Balaban J connectivity index is 1.13. The topological polar surface area (TPSA) is 25.8 Å². The van der Waals surface area contributed by atoms with Crippen LogP contribution in [0.3, 0.4) is 0 Å². The highest BCUT2D eigenvalue weighted by atomic mass is 14.9. The first-order valence-electron chi connectivity index (χ1n) is 15.3. The fraction of sp³-hybridized carbons (Fsp3) is 0.0952. The minimum absolute atomic E-state index is 0.00936. The van der Waals surface area contributed by atoms with E-state index in [1.807, 2.05) is 18.2 Å². The van der Waals surface area contributed by atoms with Crippen molar-refractivity contribution < 1.29 is 0 Å². The SMILES string of the molecule is CC1(C)c2ccccc2-c2ccc(Cc3cccc(-c4cccc(-c5nc(-c6ccccc6)c6ccccc6n5)c4)c3)cc21. The summed E-state index contributed by atoms with van der Waals surface area (Å²) in [5, 5.41) is 1.06. The molecular weight excluding hydrogens is 532 g/mol. The van der Waals surface area contributed by atoms with Crippen molar-refractivity contribution in [2.24, 2.45) is 0 Å². The van der Waals surface area contributed by atoms with Crippen LogP contribution in [-0.2, 0) is 11.8 Å². The Labute approximate surface area is 258 Å². The van der Waals surface area contributed by atoms with E-state index in [0.717, 1.165) is 45.5 Å². The summed E-state index contributed by atoms with van der Waals surface area (Å²) in [6, 6.07) is 52.0. The molecule has 1 heterocycles. The van der Waals surface area contributed by atoms with Crippen molar-refractivity contribution in [3.05, 3.63) is 168 Å². The predicted octanol–water partition coefficient (Wildman–Crippen LogP) is 10.5. The highest BCUT2D eigenvalue weighted by Crippen LogP contribution is 2.48. The first-order valence-corrected chi connectivity index (χ1v) is 15.3. The van der Waals surface area contributed by atoms with Gasteiger partial charge in [-0.15, -0.1) is 0 Å². The van der Waals surface area contributed by atoms with Crippen LogP contribution in [0.15, 0.2) is 146 Å². The normalized spacial score (nSPS) is 13.0. The summed E-state index contributed by atoms with van der Waals surface area (Å²) in [7, 11) is 0. The molecule has 1 aromatic heterocycles. The molecule has 44 heavy (non-hydrogen) atoms. The average Bonchev–Trinajstić information content (AvgIpc) is 3.30. The first-order chi connectivity index (χ1) is 21.5. The van der Waals surface area contributed by atoms with E-state index in [0.29, 0.717) is 0 Å². The van der Waals surface area contributed by atoms with Gasteiger partial charge in [-0.3, -0.25) is 0 Å². The lowest BCUT2D eigenvalue weighted by atomic mass is 9.81. The molecule has 0 N–H and O–H groups in total. The number of aromatic nitrogens is 2. The van der Waals surface area contributed by atoms with Crippen molar-refractivity contribution in [2.75, 3.05) is 0 Å². The monoisotopic (exact) mass is 564 g/mol. The summed E-state index contributed by atoms with van der Waals surface area (Å²) in [5.41, 5.74) is 14.6. The molecule has 0 aliphatic heterocycles. The quantitative estimate of drug-likeness (QED) is 0.208. The van der Waals surface area contributed by atoms with Crippen LogP contribution in [0.1, 0.15) is 36.1 Å². The van der Waals surface area contributed by atoms with Gasteiger partial charge in [0.15, 0.2) is 5.82 Å². The van der Waals surface area contributed by atoms with E-state index in [1.165, 1.54) is 38.9 Å². The van der Waals surface area contributed by atoms with Crippen LogP contribution in [-0.4, -0.2) is 9.97 Å². The molecule has 1 aliphatic carbocycles. The Hall–Kier alpha value is -5.34. The molecule has 0 radical (unpaired) electrons. The van der Waals surface area contributed by atoms with Crippen molar-refractivity contribution >= 4 is 10.9 Å². The van der Waals surface area contributed by atoms with Crippen LogP contribution in [0.4, 0.5) is 0 Å². The van der Waals surface area contributed by atoms with E-state index in [2.05, 4.69) is 141 Å². The Morgan fingerprint density at radius 3 is 2.02 bits per heavy atom. The van der Waals surface area contributed by atoms with Gasteiger partial charge in [-0.05, 0) is 63.1 Å². The Morgan fingerprint density at radius 2 is 1.14 bits per heavy atom. The zero-order valence-electron chi connectivity index (χ0n) is 25.0. The molecule has 0 atom stereocenters. The number of nitrogens with zero attached hydrogens (tertiary/aromatic N) is 2. The first kappa shape index (κ1) is 26.3. The maximum atomic E-state index is 5.09. The van der Waals surface area contributed by atoms with Gasteiger partial charge in [-0.2, -0.15) is 0 Å². The summed E-state index contributed by atoms with van der Waals surface area (Å²) in [6.45, 7) is 4.69. The van der Waals surface area contributed by atoms with Crippen LogP contribution in [0.5, 0.6) is 0 Å². The van der Waals surface area contributed by atoms with Crippen molar-refractivity contribution in [1.29, 1.82) is 0 Å². The van der Waals surface area contributed by atoms with Crippen LogP contribution >= 0.6 is 0 Å². The Kier molecular flexibility index (Phi) is 6.23. The van der Waals surface area contributed by atoms with E-state index >= 15 is 0 Å². The molecule has 0 saturated carbocycles. The smallest absolute Gasteiger partial charge is 0.160 e. The van der Waals surface area contributed by atoms with E-state index in [4.69, 9.17) is 9.97 Å². The van der Waals surface area contributed by atoms with Gasteiger partial charge in [0, 0.05) is 21.9 Å². The van der Waals surface area contributed by atoms with Crippen LogP contribution < -0.4 is 0 Å². The maximum Gasteiger partial charge on any atom is 0.160 e. The standard InChI is InChI=1S/C42H32N2/c1-42(2)37-20-8-6-18-34(37)35-23-22-29(26-38(35)42)24-28-12-10-15-31(25-28)32-16-11-17-33(27-32)41-43-39-21-9-7-19-36(39)40(44-41)30-13-4-3-5-14-30/h3-23,25-27H,24H2,1-2H3. The molecule has 0 spiro atoms. The van der Waals surface area contributed by atoms with Crippen LogP contribution in [0, 0.1) is 0 Å². The third kappa shape index (κ3) is 4.51. The van der Waals surface area contributed by atoms with Crippen LogP contribution in [0.2, 0.25) is 0 Å². The lowest BCUT2D eigenvalue weighted by molar-refractivity contribution is 0.659. The number of benzene rings is 6. The Morgan fingerprint density at radius 1 is 0.477 bits per heavy atom. The fourth-order valence-corrected chi connectivity index (χ4v) is 6.82. The molecule has 2 heteroatoms. The molecule has 7 aromatic rings. The average molecular weight is 565 g/mol. The van der Waals surface area contributed by atoms with E-state index in [1.54, 1.807) is 0 Å². The minimum Gasteiger partial charge on any atom is -0.228 e. The molecule has 0 bridgehead atoms. The largest absolute Gasteiger partial charge is 0.228 e. The maximum absolute atomic E-state index is 5.09. The molecule has 2 nitrogen and oxygen atoms in total. The number of para-hydroxylation sites is 1. The third-order valence-corrected chi connectivity index (χ3v) is 9.09. The van der Waals surface area contributed by atoms with Gasteiger partial charge in [-0.25, -0.2) is 9.97 Å². The second-order valence-electron chi connectivity index (χ2n) is 12.3. The van der Waals surface area contributed by atoms with Crippen molar-refractivity contribution in [3.63, 3.8) is 0 Å². The molecule has 8 rings (SSSR count). The highest BCUT2D eigenvalue weighted by molar-refractivity contribution is 5.93. The predicted molar refractivity (Wildman–Crippen MR) is 183 cm³/mol. The third-order valence-electron chi connectivity index (χ3n) is 9.09. The zero-order chi connectivity index (χ0) is 29.7. The highest BCUT2D eigenvalue weighted by Gasteiger charge is 2.35. The van der Waals surface area contributed by atoms with Crippen molar-refractivity contribution in [1.82, 2.24) is 9.97 Å². The van der Waals surface area contributed by atoms with E-state index in [-0.39, 0.29) is 5.41 Å². The second kappa shape index (κ2) is 10.4. The van der Waals surface area contributed by atoms with Gasteiger partial charge in [0.2, 0.25) is 0 Å². The summed E-state index contributed by atoms with van der Waals surface area (Å²) in [6.07, 6.45) is 0.890. The number of rotatable bonds is 5. The van der Waals surface area contributed by atoms with Gasteiger partial charge >= 0.3 is 0 Å². The fourth-order valence-electron chi connectivity index (χ4n) is 6.82. The number of hydrogen-bond acceptors (Lipinski definition) is 2. The zero-order valence-corrected chi connectivity index (χ0v) is 25.0. The van der Waals surface area contributed by atoms with Gasteiger partial charge in [0.25, 0.3) is 0 Å². The number of hydrogen-bond donors (Lipinski definition) is 0. The van der Waals surface area contributed by atoms with Gasteiger partial charge in [-0.1, -0.05) is 147 Å². The van der Waals surface area contributed by atoms with Crippen molar-refractivity contribution in [3.8, 4) is 44.9 Å². The molecular formula is C42H32N2. The summed E-state index contributed by atoms with van der Waals surface area (Å²) >= 11 is 0. The molecule has 0 unspecified atom stereocenters. The minimum atomic E-state index is 0.00936. The summed E-state index contributed by atoms with van der Waals surface area (Å²) < 4.78 is 0. The summed E-state index contributed by atoms with van der Waals surface area (Å²) in [5.74, 6) is 0.738. The van der Waals surface area contributed by atoms with Crippen LogP contribution in [0.25, 0.3) is 55.8 Å². The van der Waals surface area contributed by atoms with Gasteiger partial charge in [0.1, 0.15) is 0 Å². The summed E-state index contributed by atoms with van der Waals surface area (Å²) in [4.78, 5) is 10.1. The van der Waals surface area contributed by atoms with Gasteiger partial charge < -0.3 is 0 Å². The van der Waals surface area contributed by atoms with Gasteiger partial charge in [0.05, 0.1) is 11.2 Å². The molecule has 0 saturated heterocycles. The lowest BCUT2D eigenvalue weighted by Crippen LogP contribution is -2.15. The van der Waals surface area contributed by atoms with E-state index < -0.39 is 0 Å². The van der Waals surface area contributed by atoms with E-state index in [9.17, 15) is 0 Å². The molecule has 210 valence electrons.